The number of anilines is 1. The summed E-state index contributed by atoms with van der Waals surface area (Å²) in [5.74, 6) is -0.890. The highest BCUT2D eigenvalue weighted by atomic mass is 16.4. The van der Waals surface area contributed by atoms with E-state index in [4.69, 9.17) is 4.98 Å². The lowest BCUT2D eigenvalue weighted by atomic mass is 9.98. The van der Waals surface area contributed by atoms with Crippen LogP contribution in [0.4, 0.5) is 5.69 Å². The minimum absolute atomic E-state index is 0.371. The molecule has 1 aliphatic rings. The summed E-state index contributed by atoms with van der Waals surface area (Å²) in [6, 6.07) is 13.9. The molecule has 0 saturated carbocycles. The number of aryl methyl sites for hydroxylation is 2. The average molecular weight is 346 g/mol. The lowest BCUT2D eigenvalue weighted by Gasteiger charge is -2.24. The Balaban J connectivity index is 2.11. The van der Waals surface area contributed by atoms with Gasteiger partial charge in [-0.05, 0) is 32.3 Å². The minimum Gasteiger partial charge on any atom is -0.478 e. The largest absolute Gasteiger partial charge is 0.478 e. The summed E-state index contributed by atoms with van der Waals surface area (Å²) in [5, 5.41) is 10.8. The Morgan fingerprint density at radius 3 is 2.38 bits per heavy atom. The molecule has 0 atom stereocenters. The van der Waals surface area contributed by atoms with Crippen LogP contribution in [0.1, 0.15) is 34.3 Å². The van der Waals surface area contributed by atoms with Gasteiger partial charge in [-0.1, -0.05) is 48.0 Å². The average Bonchev–Trinajstić information content (AvgIpc) is 3.15. The SMILES string of the molecule is Cc1ccc(-c2nc3c(C)cccc3c(C(=O)O)c2N2CCCC2)cc1. The first-order valence-electron chi connectivity index (χ1n) is 9.05. The fourth-order valence-electron chi connectivity index (χ4n) is 3.80. The Morgan fingerprint density at radius 2 is 1.73 bits per heavy atom. The molecule has 0 radical (unpaired) electrons. The molecule has 1 aromatic heterocycles. The minimum atomic E-state index is -0.890. The van der Waals surface area contributed by atoms with Gasteiger partial charge in [-0.2, -0.15) is 0 Å². The van der Waals surface area contributed by atoms with Gasteiger partial charge in [0.05, 0.1) is 22.5 Å². The van der Waals surface area contributed by atoms with E-state index in [9.17, 15) is 9.90 Å². The zero-order valence-electron chi connectivity index (χ0n) is 15.1. The molecule has 4 nitrogen and oxygen atoms in total. The maximum absolute atomic E-state index is 12.3. The number of carboxylic acids is 1. The van der Waals surface area contributed by atoms with Gasteiger partial charge in [-0.25, -0.2) is 9.78 Å². The van der Waals surface area contributed by atoms with E-state index >= 15 is 0 Å². The molecule has 3 aromatic rings. The molecule has 1 N–H and O–H groups in total. The number of aromatic nitrogens is 1. The molecule has 0 aliphatic carbocycles. The maximum Gasteiger partial charge on any atom is 0.338 e. The second-order valence-corrected chi connectivity index (χ2v) is 7.02. The standard InChI is InChI=1S/C22H22N2O2/c1-14-8-10-16(11-9-14)20-21(24-12-3-4-13-24)18(22(25)26)17-7-5-6-15(2)19(17)23-20/h5-11H,3-4,12-13H2,1-2H3,(H,25,26). The predicted molar refractivity (Wildman–Crippen MR) is 105 cm³/mol. The van der Waals surface area contributed by atoms with Crippen LogP contribution in [-0.4, -0.2) is 29.1 Å². The number of benzene rings is 2. The van der Waals surface area contributed by atoms with Crippen molar-refractivity contribution < 1.29 is 9.90 Å². The summed E-state index contributed by atoms with van der Waals surface area (Å²) in [6.45, 7) is 5.78. The molecule has 1 saturated heterocycles. The van der Waals surface area contributed by atoms with Gasteiger partial charge in [0.2, 0.25) is 0 Å². The molecule has 1 aliphatic heterocycles. The Morgan fingerprint density at radius 1 is 1.04 bits per heavy atom. The third kappa shape index (κ3) is 2.71. The topological polar surface area (TPSA) is 53.4 Å². The van der Waals surface area contributed by atoms with E-state index in [1.54, 1.807) is 0 Å². The second-order valence-electron chi connectivity index (χ2n) is 7.02. The third-order valence-corrected chi connectivity index (χ3v) is 5.15. The van der Waals surface area contributed by atoms with Crippen molar-refractivity contribution in [3.05, 3.63) is 59.2 Å². The number of rotatable bonds is 3. The number of aromatic carboxylic acids is 1. The van der Waals surface area contributed by atoms with Crippen molar-refractivity contribution in [3.8, 4) is 11.3 Å². The first-order valence-corrected chi connectivity index (χ1v) is 9.05. The van der Waals surface area contributed by atoms with Gasteiger partial charge >= 0.3 is 5.97 Å². The highest BCUT2D eigenvalue weighted by Gasteiger charge is 2.27. The van der Waals surface area contributed by atoms with Crippen LogP contribution in [-0.2, 0) is 0 Å². The van der Waals surface area contributed by atoms with E-state index in [0.717, 1.165) is 59.3 Å². The Kier molecular flexibility index (Phi) is 4.11. The van der Waals surface area contributed by atoms with Crippen LogP contribution in [0.25, 0.3) is 22.2 Å². The molecule has 4 heteroatoms. The summed E-state index contributed by atoms with van der Waals surface area (Å²) in [5.41, 5.74) is 5.80. The van der Waals surface area contributed by atoms with Gasteiger partial charge < -0.3 is 10.0 Å². The summed E-state index contributed by atoms with van der Waals surface area (Å²) in [4.78, 5) is 19.4. The van der Waals surface area contributed by atoms with Crippen molar-refractivity contribution in [2.45, 2.75) is 26.7 Å². The molecule has 1 fully saturated rings. The van der Waals surface area contributed by atoms with Crippen LogP contribution < -0.4 is 4.90 Å². The fourth-order valence-corrected chi connectivity index (χ4v) is 3.80. The Labute approximate surface area is 153 Å². The normalized spacial score (nSPS) is 14.2. The van der Waals surface area contributed by atoms with Crippen LogP contribution in [0.3, 0.4) is 0 Å². The Hall–Kier alpha value is -2.88. The zero-order valence-corrected chi connectivity index (χ0v) is 15.1. The van der Waals surface area contributed by atoms with Crippen molar-refractivity contribution in [2.75, 3.05) is 18.0 Å². The van der Waals surface area contributed by atoms with E-state index in [2.05, 4.69) is 4.90 Å². The van der Waals surface area contributed by atoms with Gasteiger partial charge in [0.15, 0.2) is 0 Å². The van der Waals surface area contributed by atoms with Crippen molar-refractivity contribution in [3.63, 3.8) is 0 Å². The maximum atomic E-state index is 12.3. The van der Waals surface area contributed by atoms with E-state index in [0.29, 0.717) is 5.56 Å². The monoisotopic (exact) mass is 346 g/mol. The molecule has 132 valence electrons. The predicted octanol–water partition coefficient (Wildman–Crippen LogP) is 4.82. The molecule has 0 unspecified atom stereocenters. The zero-order chi connectivity index (χ0) is 18.3. The molecule has 0 spiro atoms. The van der Waals surface area contributed by atoms with E-state index in [1.165, 1.54) is 5.56 Å². The molecule has 2 heterocycles. The number of fused-ring (bicyclic) bond motifs is 1. The first kappa shape index (κ1) is 16.6. The summed E-state index contributed by atoms with van der Waals surface area (Å²) >= 11 is 0. The van der Waals surface area contributed by atoms with Crippen LogP contribution in [0.5, 0.6) is 0 Å². The number of nitrogens with zero attached hydrogens (tertiary/aromatic N) is 2. The van der Waals surface area contributed by atoms with Crippen molar-refractivity contribution in [1.29, 1.82) is 0 Å². The van der Waals surface area contributed by atoms with Gasteiger partial charge in [0.1, 0.15) is 0 Å². The number of carbonyl (C=O) groups is 1. The smallest absolute Gasteiger partial charge is 0.338 e. The second kappa shape index (κ2) is 6.45. The van der Waals surface area contributed by atoms with E-state index in [1.807, 2.05) is 56.3 Å². The number of carboxylic acid groups (broad SMARTS) is 1. The lowest BCUT2D eigenvalue weighted by molar-refractivity contribution is 0.0699. The molecular weight excluding hydrogens is 324 g/mol. The van der Waals surface area contributed by atoms with Crippen LogP contribution in [0, 0.1) is 13.8 Å². The highest BCUT2D eigenvalue weighted by Crippen LogP contribution is 2.39. The fraction of sp³-hybridized carbons (Fsp3) is 0.273. The number of para-hydroxylation sites is 1. The van der Waals surface area contributed by atoms with Gasteiger partial charge in [-0.3, -0.25) is 0 Å². The van der Waals surface area contributed by atoms with E-state index in [-0.39, 0.29) is 0 Å². The van der Waals surface area contributed by atoms with Crippen LogP contribution in [0.2, 0.25) is 0 Å². The quantitative estimate of drug-likeness (QED) is 0.739. The van der Waals surface area contributed by atoms with Gasteiger partial charge in [0.25, 0.3) is 0 Å². The summed E-state index contributed by atoms with van der Waals surface area (Å²) in [6.07, 6.45) is 2.16. The van der Waals surface area contributed by atoms with Crippen molar-refractivity contribution >= 4 is 22.6 Å². The van der Waals surface area contributed by atoms with Crippen molar-refractivity contribution in [1.82, 2.24) is 4.98 Å². The number of pyridine rings is 1. The molecule has 0 amide bonds. The Bertz CT molecular complexity index is 987. The third-order valence-electron chi connectivity index (χ3n) is 5.15. The molecule has 4 rings (SSSR count). The molecule has 2 aromatic carbocycles. The summed E-state index contributed by atoms with van der Waals surface area (Å²) < 4.78 is 0. The number of hydrogen-bond donors (Lipinski definition) is 1. The first-order chi connectivity index (χ1) is 12.6. The lowest BCUT2D eigenvalue weighted by Crippen LogP contribution is -2.22. The highest BCUT2D eigenvalue weighted by molar-refractivity contribution is 6.11. The molecule has 26 heavy (non-hydrogen) atoms. The van der Waals surface area contributed by atoms with E-state index < -0.39 is 5.97 Å². The van der Waals surface area contributed by atoms with Crippen LogP contribution in [0.15, 0.2) is 42.5 Å². The van der Waals surface area contributed by atoms with Gasteiger partial charge in [0, 0.05) is 24.0 Å². The summed E-state index contributed by atoms with van der Waals surface area (Å²) in [7, 11) is 0. The molecule has 0 bridgehead atoms. The van der Waals surface area contributed by atoms with Crippen molar-refractivity contribution in [2.24, 2.45) is 0 Å². The molecular formula is C22H22N2O2. The van der Waals surface area contributed by atoms with Gasteiger partial charge in [-0.15, -0.1) is 0 Å². The van der Waals surface area contributed by atoms with Crippen LogP contribution >= 0.6 is 0 Å². The number of hydrogen-bond acceptors (Lipinski definition) is 3.